The topological polar surface area (TPSA) is 118 Å². The normalized spacial score (nSPS) is 19.9. The van der Waals surface area contributed by atoms with Gasteiger partial charge < -0.3 is 11.5 Å². The van der Waals surface area contributed by atoms with Gasteiger partial charge in [-0.3, -0.25) is 4.79 Å². The second-order valence-electron chi connectivity index (χ2n) is 8.57. The molecule has 2 fully saturated rings. The van der Waals surface area contributed by atoms with E-state index in [9.17, 15) is 4.79 Å². The monoisotopic (exact) mass is 476 g/mol. The molecule has 0 bridgehead atoms. The third-order valence-electron chi connectivity index (χ3n) is 5.90. The lowest BCUT2D eigenvalue weighted by Crippen LogP contribution is -2.34. The van der Waals surface area contributed by atoms with Crippen molar-refractivity contribution in [3.8, 4) is 0 Å². The molecule has 3 aromatic rings. The maximum absolute atomic E-state index is 12.4. The Labute approximate surface area is 204 Å². The molecule has 0 radical (unpaired) electrons. The van der Waals surface area contributed by atoms with Gasteiger partial charge in [0.15, 0.2) is 0 Å². The van der Waals surface area contributed by atoms with Crippen LogP contribution in [0.3, 0.4) is 0 Å². The number of nitrogen functional groups attached to an aromatic ring is 1. The lowest BCUT2D eigenvalue weighted by molar-refractivity contribution is 0.100. The molecule has 7 nitrogen and oxygen atoms in total. The molecule has 1 saturated heterocycles. The fraction of sp³-hybridized carbons (Fsp3) is 0.231. The van der Waals surface area contributed by atoms with Crippen molar-refractivity contribution in [3.05, 3.63) is 100 Å². The summed E-state index contributed by atoms with van der Waals surface area (Å²) >= 11 is 5.93. The summed E-state index contributed by atoms with van der Waals surface area (Å²) in [5.74, 6) is 0.271. The predicted molar refractivity (Wildman–Crippen MR) is 137 cm³/mol. The van der Waals surface area contributed by atoms with Crippen LogP contribution >= 0.6 is 11.6 Å². The number of carbonyl (C=O) groups excluding carboxylic acids is 1. The number of amidine groups is 1. The summed E-state index contributed by atoms with van der Waals surface area (Å²) in [4.78, 5) is 16.4. The number of halogens is 1. The smallest absolute Gasteiger partial charge is 0.278 e. The second-order valence-corrected chi connectivity index (χ2v) is 9.00. The highest BCUT2D eigenvalue weighted by atomic mass is 35.5. The third-order valence-corrected chi connectivity index (χ3v) is 6.14. The van der Waals surface area contributed by atoms with Crippen molar-refractivity contribution in [2.24, 2.45) is 16.6 Å². The van der Waals surface area contributed by atoms with Gasteiger partial charge >= 0.3 is 0 Å². The molecule has 1 aliphatic heterocycles. The van der Waals surface area contributed by atoms with Crippen LogP contribution in [-0.4, -0.2) is 17.8 Å². The van der Waals surface area contributed by atoms with Gasteiger partial charge in [-0.15, -0.1) is 0 Å². The molecule has 2 aliphatic rings. The maximum atomic E-state index is 12.4. The van der Waals surface area contributed by atoms with Gasteiger partial charge in [0.25, 0.3) is 5.91 Å². The van der Waals surface area contributed by atoms with Crippen molar-refractivity contribution >= 4 is 29.0 Å². The van der Waals surface area contributed by atoms with Crippen LogP contribution < -0.4 is 27.9 Å². The third kappa shape index (κ3) is 6.01. The average molecular weight is 477 g/mol. The number of nitrogens with two attached hydrogens (primary N) is 2. The number of nitrogens with one attached hydrogen (secondary N) is 3. The number of benzene rings is 3. The van der Waals surface area contributed by atoms with Crippen LogP contribution in [0.1, 0.15) is 45.9 Å². The average Bonchev–Trinajstić information content (AvgIpc) is 3.56. The summed E-state index contributed by atoms with van der Waals surface area (Å²) < 4.78 is 0. The minimum Gasteiger partial charge on any atom is -0.398 e. The molecule has 1 amide bonds. The molecule has 5 rings (SSSR count). The largest absolute Gasteiger partial charge is 0.398 e. The summed E-state index contributed by atoms with van der Waals surface area (Å²) in [5.41, 5.74) is 25.5. The summed E-state index contributed by atoms with van der Waals surface area (Å²) in [6.45, 7) is 2.08. The first-order chi connectivity index (χ1) is 16.4. The fourth-order valence-corrected chi connectivity index (χ4v) is 4.08. The quantitative estimate of drug-likeness (QED) is 0.221. The van der Waals surface area contributed by atoms with E-state index in [1.807, 2.05) is 30.3 Å². The van der Waals surface area contributed by atoms with Crippen LogP contribution in [0.5, 0.6) is 0 Å². The van der Waals surface area contributed by atoms with E-state index in [2.05, 4.69) is 40.4 Å². The Morgan fingerprint density at radius 3 is 2.41 bits per heavy atom. The summed E-state index contributed by atoms with van der Waals surface area (Å²) in [6, 6.07) is 22.9. The molecule has 3 aromatic carbocycles. The zero-order valence-electron chi connectivity index (χ0n) is 19.0. The first-order valence-electron chi connectivity index (χ1n) is 11.2. The number of rotatable bonds is 4. The van der Waals surface area contributed by atoms with Gasteiger partial charge in [-0.05, 0) is 61.6 Å². The van der Waals surface area contributed by atoms with Crippen LogP contribution in [0.2, 0.25) is 5.02 Å². The highest BCUT2D eigenvalue weighted by Crippen LogP contribution is 2.39. The van der Waals surface area contributed by atoms with Crippen molar-refractivity contribution in [1.29, 1.82) is 0 Å². The lowest BCUT2D eigenvalue weighted by Gasteiger charge is -2.19. The van der Waals surface area contributed by atoms with Gasteiger partial charge in [0.1, 0.15) is 5.84 Å². The van der Waals surface area contributed by atoms with Crippen LogP contribution in [0, 0.1) is 12.8 Å². The fourth-order valence-electron chi connectivity index (χ4n) is 3.89. The van der Waals surface area contributed by atoms with Crippen molar-refractivity contribution in [2.75, 3.05) is 5.73 Å². The molecular weight excluding hydrogens is 448 g/mol. The molecule has 0 aromatic heterocycles. The number of amides is 1. The van der Waals surface area contributed by atoms with Gasteiger partial charge in [0, 0.05) is 27.9 Å². The second kappa shape index (κ2) is 10.8. The van der Waals surface area contributed by atoms with E-state index in [0.717, 1.165) is 5.56 Å². The van der Waals surface area contributed by atoms with E-state index in [0.29, 0.717) is 33.8 Å². The standard InChI is InChI=1S/C19H21ClN6O.C7H8/c20-13-3-1-2-12(8-13)19(27)23-18(22)14-9-11(6-7-15(14)21)17-16(10-4-5-10)24-26-25-17;1-7-5-3-2-4-6-7/h1-3,6-10,16-17,24-26H,4-5,21H2,(H2,22,23,27);2-6H,1H3. The van der Waals surface area contributed by atoms with E-state index in [4.69, 9.17) is 23.1 Å². The minimum absolute atomic E-state index is 0.0845. The van der Waals surface area contributed by atoms with E-state index < -0.39 is 5.91 Å². The van der Waals surface area contributed by atoms with Crippen molar-refractivity contribution in [1.82, 2.24) is 16.4 Å². The highest BCUT2D eigenvalue weighted by molar-refractivity contribution is 6.31. The molecule has 0 spiro atoms. The summed E-state index contributed by atoms with van der Waals surface area (Å²) in [5, 5.41) is 0.467. The minimum atomic E-state index is -0.460. The number of anilines is 1. The lowest BCUT2D eigenvalue weighted by atomic mass is 9.95. The van der Waals surface area contributed by atoms with E-state index >= 15 is 0 Å². The summed E-state index contributed by atoms with van der Waals surface area (Å²) in [6.07, 6.45) is 2.44. The summed E-state index contributed by atoms with van der Waals surface area (Å²) in [7, 11) is 0. The molecule has 1 aliphatic carbocycles. The Morgan fingerprint density at radius 2 is 1.76 bits per heavy atom. The zero-order valence-corrected chi connectivity index (χ0v) is 19.7. The first kappa shape index (κ1) is 23.9. The van der Waals surface area contributed by atoms with Crippen LogP contribution in [0.15, 0.2) is 77.8 Å². The van der Waals surface area contributed by atoms with Gasteiger partial charge in [0.2, 0.25) is 0 Å². The molecule has 1 heterocycles. The number of hydrogen-bond acceptors (Lipinski definition) is 5. The van der Waals surface area contributed by atoms with Crippen LogP contribution in [0.25, 0.3) is 0 Å². The first-order valence-corrected chi connectivity index (χ1v) is 11.6. The molecule has 7 N–H and O–H groups in total. The van der Waals surface area contributed by atoms with E-state index in [1.165, 1.54) is 18.4 Å². The van der Waals surface area contributed by atoms with Crippen LogP contribution in [-0.2, 0) is 0 Å². The molecule has 34 heavy (non-hydrogen) atoms. The Balaban J connectivity index is 0.000000336. The number of aliphatic imine (C=N–C) groups is 1. The number of carbonyl (C=O) groups is 1. The number of hydrazine groups is 2. The zero-order chi connectivity index (χ0) is 24.1. The Hall–Kier alpha value is -3.23. The van der Waals surface area contributed by atoms with Crippen molar-refractivity contribution < 1.29 is 4.79 Å². The Morgan fingerprint density at radius 1 is 1.00 bits per heavy atom. The van der Waals surface area contributed by atoms with Gasteiger partial charge in [-0.25, -0.2) is 10.9 Å². The van der Waals surface area contributed by atoms with Crippen molar-refractivity contribution in [3.63, 3.8) is 0 Å². The Kier molecular flexibility index (Phi) is 7.59. The SMILES string of the molecule is Cc1ccccc1.NC(=NC(=O)c1cccc(Cl)c1)c1cc(C2NNNC2C2CC2)ccc1N. The molecule has 2 atom stereocenters. The van der Waals surface area contributed by atoms with Gasteiger partial charge in [-0.1, -0.05) is 59.6 Å². The number of aryl methyl sites for hydroxylation is 1. The molecule has 176 valence electrons. The van der Waals surface area contributed by atoms with E-state index in [-0.39, 0.29) is 11.9 Å². The van der Waals surface area contributed by atoms with E-state index in [1.54, 1.807) is 30.3 Å². The van der Waals surface area contributed by atoms with Gasteiger partial charge in [-0.2, -0.15) is 10.5 Å². The molecular formula is C26H29ClN6O. The van der Waals surface area contributed by atoms with Gasteiger partial charge in [0.05, 0.1) is 6.04 Å². The highest BCUT2D eigenvalue weighted by Gasteiger charge is 2.40. The predicted octanol–water partition coefficient (Wildman–Crippen LogP) is 3.90. The number of hydrogen-bond donors (Lipinski definition) is 5. The van der Waals surface area contributed by atoms with Crippen LogP contribution in [0.4, 0.5) is 5.69 Å². The molecule has 1 saturated carbocycles. The molecule has 2 unspecified atom stereocenters. The number of nitrogens with zero attached hydrogens (tertiary/aromatic N) is 1. The maximum Gasteiger partial charge on any atom is 0.278 e. The Bertz CT molecular complexity index is 1180. The van der Waals surface area contributed by atoms with Crippen molar-refractivity contribution in [2.45, 2.75) is 31.8 Å². The molecule has 8 heteroatoms.